The Bertz CT molecular complexity index is 1110. The molecule has 170 valence electrons. The van der Waals surface area contributed by atoms with E-state index in [9.17, 15) is 18.4 Å². The zero-order chi connectivity index (χ0) is 23.3. The van der Waals surface area contributed by atoms with Crippen LogP contribution >= 0.6 is 11.3 Å². The second kappa shape index (κ2) is 10.5. The van der Waals surface area contributed by atoms with E-state index in [2.05, 4.69) is 24.1 Å². The lowest BCUT2D eigenvalue weighted by Gasteiger charge is -2.10. The van der Waals surface area contributed by atoms with Crippen molar-refractivity contribution < 1.29 is 23.1 Å². The quantitative estimate of drug-likeness (QED) is 0.464. The maximum atomic E-state index is 14.2. The molecule has 9 heteroatoms. The molecule has 1 amide bonds. The molecule has 0 radical (unpaired) electrons. The van der Waals surface area contributed by atoms with Crippen LogP contribution in [0.2, 0.25) is 0 Å². The van der Waals surface area contributed by atoms with Gasteiger partial charge in [0.2, 0.25) is 0 Å². The average molecular weight is 462 g/mol. The van der Waals surface area contributed by atoms with E-state index in [4.69, 9.17) is 4.74 Å². The minimum atomic E-state index is -0.668. The van der Waals surface area contributed by atoms with Crippen molar-refractivity contribution >= 4 is 28.3 Å². The first kappa shape index (κ1) is 23.6. The topological polar surface area (TPSA) is 73.2 Å². The van der Waals surface area contributed by atoms with Crippen LogP contribution in [0.25, 0.3) is 0 Å². The van der Waals surface area contributed by atoms with Gasteiger partial charge in [-0.15, -0.1) is 11.3 Å². The van der Waals surface area contributed by atoms with E-state index in [-0.39, 0.29) is 31.1 Å². The molecular formula is C23H25F2N3O3S. The Morgan fingerprint density at radius 2 is 2.03 bits per heavy atom. The molecule has 0 unspecified atom stereocenters. The van der Waals surface area contributed by atoms with Gasteiger partial charge in [0.25, 0.3) is 5.91 Å². The number of rotatable bonds is 9. The van der Waals surface area contributed by atoms with Gasteiger partial charge < -0.3 is 9.30 Å². The summed E-state index contributed by atoms with van der Waals surface area (Å²) >= 11 is 1.20. The largest absolute Gasteiger partial charge is 0.466 e. The molecule has 0 aliphatic heterocycles. The van der Waals surface area contributed by atoms with E-state index in [1.807, 2.05) is 6.20 Å². The lowest BCUT2D eigenvalue weighted by Crippen LogP contribution is -2.17. The van der Waals surface area contributed by atoms with Gasteiger partial charge in [0.1, 0.15) is 17.3 Å². The van der Waals surface area contributed by atoms with E-state index in [1.165, 1.54) is 23.5 Å². The number of aromatic nitrogens is 2. The second-order valence-electron chi connectivity index (χ2n) is 7.78. The Kier molecular flexibility index (Phi) is 7.74. The summed E-state index contributed by atoms with van der Waals surface area (Å²) in [6.45, 7) is 6.23. The summed E-state index contributed by atoms with van der Waals surface area (Å²) in [6.07, 6.45) is 2.59. The molecule has 1 N–H and O–H groups in total. The SMILES string of the molecule is CCOC(=O)Cc1csc(NC(=O)c2cc(CC(C)C)cn2Cc2ccc(F)cc2F)n1. The van der Waals surface area contributed by atoms with Gasteiger partial charge in [0.15, 0.2) is 5.13 Å². The summed E-state index contributed by atoms with van der Waals surface area (Å²) in [7, 11) is 0. The first-order valence-electron chi connectivity index (χ1n) is 10.3. The van der Waals surface area contributed by atoms with Gasteiger partial charge in [-0.2, -0.15) is 0 Å². The molecule has 0 aliphatic rings. The average Bonchev–Trinajstić information content (AvgIpc) is 3.30. The van der Waals surface area contributed by atoms with Crippen LogP contribution in [0, 0.1) is 17.6 Å². The second-order valence-corrected chi connectivity index (χ2v) is 8.63. The number of hydrogen-bond donors (Lipinski definition) is 1. The summed E-state index contributed by atoms with van der Waals surface area (Å²) in [5, 5.41) is 4.77. The monoisotopic (exact) mass is 461 g/mol. The molecule has 2 aromatic heterocycles. The summed E-state index contributed by atoms with van der Waals surface area (Å²) in [5.41, 5.74) is 2.06. The fourth-order valence-electron chi connectivity index (χ4n) is 3.28. The van der Waals surface area contributed by atoms with E-state index in [1.54, 1.807) is 22.9 Å². The maximum Gasteiger partial charge on any atom is 0.311 e. The van der Waals surface area contributed by atoms with Crippen LogP contribution in [0.1, 0.15) is 48.1 Å². The highest BCUT2D eigenvalue weighted by atomic mass is 32.1. The highest BCUT2D eigenvalue weighted by Crippen LogP contribution is 2.21. The van der Waals surface area contributed by atoms with Gasteiger partial charge >= 0.3 is 5.97 Å². The van der Waals surface area contributed by atoms with Crippen molar-refractivity contribution in [3.05, 3.63) is 70.0 Å². The highest BCUT2D eigenvalue weighted by molar-refractivity contribution is 7.14. The number of anilines is 1. The molecule has 0 aliphatic carbocycles. The zero-order valence-corrected chi connectivity index (χ0v) is 19.0. The van der Waals surface area contributed by atoms with Crippen molar-refractivity contribution in [1.82, 2.24) is 9.55 Å². The van der Waals surface area contributed by atoms with Crippen LogP contribution in [0.4, 0.5) is 13.9 Å². The Morgan fingerprint density at radius 3 is 2.72 bits per heavy atom. The number of benzene rings is 1. The van der Waals surface area contributed by atoms with Crippen LogP contribution < -0.4 is 5.32 Å². The number of thiazole rings is 1. The Morgan fingerprint density at radius 1 is 1.25 bits per heavy atom. The molecule has 0 saturated heterocycles. The number of carbonyl (C=O) groups excluding carboxylic acids is 2. The van der Waals surface area contributed by atoms with Crippen molar-refractivity contribution in [2.45, 2.75) is 40.2 Å². The van der Waals surface area contributed by atoms with Crippen LogP contribution in [-0.4, -0.2) is 28.0 Å². The van der Waals surface area contributed by atoms with Gasteiger partial charge in [0.05, 0.1) is 25.3 Å². The van der Waals surface area contributed by atoms with Gasteiger partial charge in [0, 0.05) is 23.2 Å². The van der Waals surface area contributed by atoms with E-state index >= 15 is 0 Å². The van der Waals surface area contributed by atoms with Crippen LogP contribution in [-0.2, 0) is 28.9 Å². The first-order chi connectivity index (χ1) is 15.2. The van der Waals surface area contributed by atoms with Crippen molar-refractivity contribution in [2.24, 2.45) is 5.92 Å². The van der Waals surface area contributed by atoms with Gasteiger partial charge in [-0.3, -0.25) is 14.9 Å². The number of hydrogen-bond acceptors (Lipinski definition) is 5. The Labute approximate surface area is 189 Å². The molecule has 0 fully saturated rings. The molecule has 0 bridgehead atoms. The summed E-state index contributed by atoms with van der Waals surface area (Å²) in [4.78, 5) is 28.9. The smallest absolute Gasteiger partial charge is 0.311 e. The molecule has 0 spiro atoms. The van der Waals surface area contributed by atoms with Crippen LogP contribution in [0.15, 0.2) is 35.8 Å². The molecule has 32 heavy (non-hydrogen) atoms. The predicted octanol–water partition coefficient (Wildman–Crippen LogP) is 4.83. The fraction of sp³-hybridized carbons (Fsp3) is 0.348. The molecule has 3 aromatic rings. The third-order valence-corrected chi connectivity index (χ3v) is 5.40. The summed E-state index contributed by atoms with van der Waals surface area (Å²) in [5.74, 6) is -1.74. The Hall–Kier alpha value is -3.07. The lowest BCUT2D eigenvalue weighted by molar-refractivity contribution is -0.142. The first-order valence-corrected chi connectivity index (χ1v) is 11.2. The van der Waals surface area contributed by atoms with Crippen LogP contribution in [0.5, 0.6) is 0 Å². The molecule has 3 rings (SSSR count). The molecular weight excluding hydrogens is 436 g/mol. The van der Waals surface area contributed by atoms with Gasteiger partial charge in [-0.1, -0.05) is 19.9 Å². The lowest BCUT2D eigenvalue weighted by atomic mass is 10.1. The third-order valence-electron chi connectivity index (χ3n) is 4.59. The summed E-state index contributed by atoms with van der Waals surface area (Å²) in [6, 6.07) is 5.16. The van der Waals surface area contributed by atoms with Crippen molar-refractivity contribution in [1.29, 1.82) is 0 Å². The fourth-order valence-corrected chi connectivity index (χ4v) is 3.98. The standard InChI is InChI=1S/C23H25F2N3O3S/c1-4-31-21(29)10-18-13-32-23(26-18)27-22(30)20-8-15(7-14(2)3)11-28(20)12-16-5-6-17(24)9-19(16)25/h5-6,8-9,11,13-14H,4,7,10,12H2,1-3H3,(H,26,27,30). The van der Waals surface area contributed by atoms with Crippen molar-refractivity contribution in [3.8, 4) is 0 Å². The van der Waals surface area contributed by atoms with E-state index in [0.29, 0.717) is 22.4 Å². The Balaban J connectivity index is 1.80. The molecule has 2 heterocycles. The zero-order valence-electron chi connectivity index (χ0n) is 18.2. The molecule has 6 nitrogen and oxygen atoms in total. The van der Waals surface area contributed by atoms with Gasteiger partial charge in [-0.05, 0) is 37.0 Å². The van der Waals surface area contributed by atoms with E-state index in [0.717, 1.165) is 18.1 Å². The van der Waals surface area contributed by atoms with Gasteiger partial charge in [-0.25, -0.2) is 13.8 Å². The van der Waals surface area contributed by atoms with Crippen molar-refractivity contribution in [2.75, 3.05) is 11.9 Å². The minimum Gasteiger partial charge on any atom is -0.466 e. The number of amides is 1. The molecule has 0 atom stereocenters. The van der Waals surface area contributed by atoms with Crippen LogP contribution in [0.3, 0.4) is 0 Å². The number of esters is 1. The maximum absolute atomic E-state index is 14.2. The number of nitrogens with one attached hydrogen (secondary N) is 1. The molecule has 0 saturated carbocycles. The highest BCUT2D eigenvalue weighted by Gasteiger charge is 2.18. The third kappa shape index (κ3) is 6.23. The summed E-state index contributed by atoms with van der Waals surface area (Å²) < 4.78 is 34.0. The number of nitrogens with zero attached hydrogens (tertiary/aromatic N) is 2. The predicted molar refractivity (Wildman–Crippen MR) is 119 cm³/mol. The van der Waals surface area contributed by atoms with Crippen molar-refractivity contribution in [3.63, 3.8) is 0 Å². The molecule has 1 aromatic carbocycles. The normalized spacial score (nSPS) is 11.1. The number of halogens is 2. The number of ether oxygens (including phenoxy) is 1. The minimum absolute atomic E-state index is 0.0268. The number of carbonyl (C=O) groups is 2. The van der Waals surface area contributed by atoms with E-state index < -0.39 is 17.5 Å².